The molecule has 0 aromatic heterocycles. The fourth-order valence-electron chi connectivity index (χ4n) is 0.894. The van der Waals surface area contributed by atoms with Crippen molar-refractivity contribution in [3.05, 3.63) is 24.3 Å². The third-order valence-corrected chi connectivity index (χ3v) is 5.30. The van der Waals surface area contributed by atoms with Gasteiger partial charge in [-0.25, -0.2) is 0 Å². The average Bonchev–Trinajstić information content (AvgIpc) is 2.06. The Hall–Kier alpha value is 0.360. The quantitative estimate of drug-likeness (QED) is 0.604. The van der Waals surface area contributed by atoms with Crippen LogP contribution < -0.4 is 3.61 Å². The SMILES string of the molecule is CC[Te]c1ccccc1SC. The second-order valence-electron chi connectivity index (χ2n) is 2.08. The molecular formula is C9H12STe. The molecule has 0 aliphatic heterocycles. The molecule has 0 spiro atoms. The number of hydrogen-bond donors (Lipinski definition) is 0. The molecule has 1 aromatic rings. The summed E-state index contributed by atoms with van der Waals surface area (Å²) in [6.07, 6.45) is 2.15. The van der Waals surface area contributed by atoms with Gasteiger partial charge < -0.3 is 0 Å². The second-order valence-corrected chi connectivity index (χ2v) is 6.66. The molecule has 0 fully saturated rings. The Morgan fingerprint density at radius 1 is 1.36 bits per heavy atom. The first-order chi connectivity index (χ1) is 5.38. The molecule has 0 aliphatic carbocycles. The van der Waals surface area contributed by atoms with Crippen LogP contribution in [0.2, 0.25) is 4.47 Å². The van der Waals surface area contributed by atoms with E-state index in [4.69, 9.17) is 0 Å². The summed E-state index contributed by atoms with van der Waals surface area (Å²) in [6, 6.07) is 8.77. The van der Waals surface area contributed by atoms with Crippen LogP contribution in [-0.2, 0) is 0 Å². The minimum atomic E-state index is 0.113. The second kappa shape index (κ2) is 5.08. The summed E-state index contributed by atoms with van der Waals surface area (Å²) in [4.78, 5) is 1.48. The van der Waals surface area contributed by atoms with Crippen molar-refractivity contribution >= 4 is 36.3 Å². The van der Waals surface area contributed by atoms with Crippen molar-refractivity contribution in [1.82, 2.24) is 0 Å². The molecule has 0 amide bonds. The van der Waals surface area contributed by atoms with Crippen molar-refractivity contribution in [2.75, 3.05) is 6.26 Å². The van der Waals surface area contributed by atoms with E-state index < -0.39 is 0 Å². The van der Waals surface area contributed by atoms with Gasteiger partial charge in [0, 0.05) is 0 Å². The number of thioether (sulfide) groups is 1. The van der Waals surface area contributed by atoms with Crippen molar-refractivity contribution in [3.8, 4) is 0 Å². The summed E-state index contributed by atoms with van der Waals surface area (Å²) in [6.45, 7) is 2.28. The van der Waals surface area contributed by atoms with Gasteiger partial charge in [0.05, 0.1) is 0 Å². The van der Waals surface area contributed by atoms with E-state index in [-0.39, 0.29) is 20.9 Å². The van der Waals surface area contributed by atoms with Gasteiger partial charge in [-0.05, 0) is 0 Å². The summed E-state index contributed by atoms with van der Waals surface area (Å²) in [5.74, 6) is 0. The van der Waals surface area contributed by atoms with Crippen LogP contribution in [0.1, 0.15) is 6.92 Å². The topological polar surface area (TPSA) is 0 Å². The van der Waals surface area contributed by atoms with E-state index in [1.165, 1.54) is 9.36 Å². The molecule has 0 saturated heterocycles. The van der Waals surface area contributed by atoms with E-state index in [1.54, 1.807) is 3.61 Å². The Balaban J connectivity index is 2.83. The Morgan fingerprint density at radius 2 is 2.09 bits per heavy atom. The number of rotatable bonds is 3. The van der Waals surface area contributed by atoms with Crippen LogP contribution in [-0.4, -0.2) is 27.2 Å². The molecule has 1 aromatic carbocycles. The van der Waals surface area contributed by atoms with Gasteiger partial charge in [-0.3, -0.25) is 0 Å². The number of benzene rings is 1. The Kier molecular flexibility index (Phi) is 4.37. The van der Waals surface area contributed by atoms with Gasteiger partial charge in [-0.15, -0.1) is 0 Å². The maximum absolute atomic E-state index is 2.28. The molecule has 0 unspecified atom stereocenters. The van der Waals surface area contributed by atoms with Crippen LogP contribution in [0.3, 0.4) is 0 Å². The zero-order valence-corrected chi connectivity index (χ0v) is 9.98. The average molecular weight is 280 g/mol. The molecule has 11 heavy (non-hydrogen) atoms. The molecule has 0 aliphatic rings. The van der Waals surface area contributed by atoms with Crippen molar-refractivity contribution in [1.29, 1.82) is 0 Å². The summed E-state index contributed by atoms with van der Waals surface area (Å²) < 4.78 is 2.98. The summed E-state index contributed by atoms with van der Waals surface area (Å²) in [5.41, 5.74) is 0. The van der Waals surface area contributed by atoms with E-state index in [1.807, 2.05) is 11.8 Å². The zero-order chi connectivity index (χ0) is 8.10. The standard InChI is InChI=1S/C9H12STe/c1-3-11-9-7-5-4-6-8(9)10-2/h4-7H,3H2,1-2H3. The van der Waals surface area contributed by atoms with E-state index >= 15 is 0 Å². The third kappa shape index (κ3) is 2.71. The first kappa shape index (κ1) is 9.45. The molecule has 60 valence electrons. The van der Waals surface area contributed by atoms with Crippen LogP contribution in [0.5, 0.6) is 0 Å². The van der Waals surface area contributed by atoms with Gasteiger partial charge in [-0.2, -0.15) is 0 Å². The molecule has 0 bridgehead atoms. The molecule has 0 radical (unpaired) electrons. The molecule has 0 atom stereocenters. The van der Waals surface area contributed by atoms with E-state index in [9.17, 15) is 0 Å². The van der Waals surface area contributed by atoms with Gasteiger partial charge in [0.25, 0.3) is 0 Å². The third-order valence-electron chi connectivity index (χ3n) is 1.37. The predicted octanol–water partition coefficient (Wildman–Crippen LogP) is 2.18. The predicted molar refractivity (Wildman–Crippen MR) is 54.1 cm³/mol. The molecule has 0 heterocycles. The van der Waals surface area contributed by atoms with Crippen LogP contribution in [0.15, 0.2) is 29.2 Å². The van der Waals surface area contributed by atoms with Gasteiger partial charge in [0.1, 0.15) is 0 Å². The normalized spacial score (nSPS) is 10.0. The minimum absolute atomic E-state index is 0.113. The summed E-state index contributed by atoms with van der Waals surface area (Å²) in [5, 5.41) is 0. The van der Waals surface area contributed by atoms with Gasteiger partial charge >= 0.3 is 83.1 Å². The van der Waals surface area contributed by atoms with Crippen molar-refractivity contribution in [3.63, 3.8) is 0 Å². The van der Waals surface area contributed by atoms with Crippen molar-refractivity contribution in [2.24, 2.45) is 0 Å². The molecule has 0 nitrogen and oxygen atoms in total. The molecular weight excluding hydrogens is 268 g/mol. The van der Waals surface area contributed by atoms with E-state index in [0.29, 0.717) is 0 Å². The van der Waals surface area contributed by atoms with Crippen LogP contribution in [0.25, 0.3) is 0 Å². The summed E-state index contributed by atoms with van der Waals surface area (Å²) >= 11 is 1.98. The molecule has 2 heteroatoms. The Labute approximate surface area is 82.9 Å². The number of hydrogen-bond acceptors (Lipinski definition) is 1. The molecule has 1 rings (SSSR count). The van der Waals surface area contributed by atoms with E-state index in [2.05, 4.69) is 37.4 Å². The van der Waals surface area contributed by atoms with Crippen molar-refractivity contribution < 1.29 is 0 Å². The molecule has 0 N–H and O–H groups in total. The van der Waals surface area contributed by atoms with Gasteiger partial charge in [0.2, 0.25) is 0 Å². The summed E-state index contributed by atoms with van der Waals surface area (Å²) in [7, 11) is 0. The molecule has 0 saturated carbocycles. The van der Waals surface area contributed by atoms with Gasteiger partial charge in [-0.1, -0.05) is 0 Å². The van der Waals surface area contributed by atoms with Gasteiger partial charge in [0.15, 0.2) is 0 Å². The Morgan fingerprint density at radius 3 is 2.73 bits per heavy atom. The van der Waals surface area contributed by atoms with Crippen molar-refractivity contribution in [2.45, 2.75) is 16.3 Å². The van der Waals surface area contributed by atoms with Crippen LogP contribution in [0, 0.1) is 0 Å². The fraction of sp³-hybridized carbons (Fsp3) is 0.333. The van der Waals surface area contributed by atoms with E-state index in [0.717, 1.165) is 0 Å². The zero-order valence-electron chi connectivity index (χ0n) is 6.83. The van der Waals surface area contributed by atoms with Crippen LogP contribution >= 0.6 is 11.8 Å². The van der Waals surface area contributed by atoms with Crippen LogP contribution in [0.4, 0.5) is 0 Å². The Bertz CT molecular complexity index is 223. The first-order valence-corrected chi connectivity index (χ1v) is 7.68. The monoisotopic (exact) mass is 282 g/mol. The first-order valence-electron chi connectivity index (χ1n) is 3.64. The maximum atomic E-state index is 2.28. The fourth-order valence-corrected chi connectivity index (χ4v) is 4.47.